The monoisotopic (exact) mass is 307 g/mol. The summed E-state index contributed by atoms with van der Waals surface area (Å²) in [7, 11) is 0. The van der Waals surface area contributed by atoms with Gasteiger partial charge in [-0.15, -0.1) is 12.4 Å². The van der Waals surface area contributed by atoms with Gasteiger partial charge < -0.3 is 5.73 Å². The molecule has 0 aromatic heterocycles. The van der Waals surface area contributed by atoms with Crippen LogP contribution in [0.15, 0.2) is 18.2 Å². The van der Waals surface area contributed by atoms with E-state index >= 15 is 0 Å². The lowest BCUT2D eigenvalue weighted by Crippen LogP contribution is -2.15. The molecule has 0 aliphatic carbocycles. The molecule has 7 heteroatoms. The SMILES string of the molecule is Cl.N[C@@H](CCC(F)(F)F)c1ccc(Cl)c(Cl)c1. The van der Waals surface area contributed by atoms with E-state index in [9.17, 15) is 13.2 Å². The van der Waals surface area contributed by atoms with Crippen LogP contribution in [0.3, 0.4) is 0 Å². The zero-order valence-corrected chi connectivity index (χ0v) is 10.9. The van der Waals surface area contributed by atoms with Gasteiger partial charge in [-0.05, 0) is 24.1 Å². The van der Waals surface area contributed by atoms with Crippen LogP contribution in [0.25, 0.3) is 0 Å². The first-order valence-corrected chi connectivity index (χ1v) is 5.32. The third kappa shape index (κ3) is 5.82. The molecule has 1 rings (SSSR count). The molecule has 1 nitrogen and oxygen atoms in total. The zero-order valence-electron chi connectivity index (χ0n) is 8.60. The van der Waals surface area contributed by atoms with Crippen LogP contribution in [0, 0.1) is 0 Å². The van der Waals surface area contributed by atoms with Crippen LogP contribution < -0.4 is 5.73 Å². The number of nitrogens with two attached hydrogens (primary N) is 1. The second-order valence-electron chi connectivity index (χ2n) is 3.43. The van der Waals surface area contributed by atoms with Gasteiger partial charge in [-0.3, -0.25) is 0 Å². The highest BCUT2D eigenvalue weighted by Gasteiger charge is 2.27. The van der Waals surface area contributed by atoms with E-state index in [1.165, 1.54) is 12.1 Å². The number of rotatable bonds is 3. The smallest absolute Gasteiger partial charge is 0.324 e. The highest BCUT2D eigenvalue weighted by Crippen LogP contribution is 2.29. The molecule has 17 heavy (non-hydrogen) atoms. The van der Waals surface area contributed by atoms with E-state index < -0.39 is 18.6 Å². The van der Waals surface area contributed by atoms with Crippen molar-refractivity contribution in [1.82, 2.24) is 0 Å². The molecule has 0 saturated heterocycles. The predicted octanol–water partition coefficient (Wildman–Crippen LogP) is 4.76. The lowest BCUT2D eigenvalue weighted by Gasteiger charge is -2.14. The summed E-state index contributed by atoms with van der Waals surface area (Å²) < 4.78 is 35.9. The van der Waals surface area contributed by atoms with Crippen molar-refractivity contribution in [2.75, 3.05) is 0 Å². The molecule has 0 spiro atoms. The first-order chi connectivity index (χ1) is 7.29. The van der Waals surface area contributed by atoms with Gasteiger partial charge in [0.15, 0.2) is 0 Å². The molecule has 1 aromatic carbocycles. The highest BCUT2D eigenvalue weighted by molar-refractivity contribution is 6.42. The van der Waals surface area contributed by atoms with E-state index in [-0.39, 0.29) is 18.8 Å². The van der Waals surface area contributed by atoms with Gasteiger partial charge in [-0.1, -0.05) is 29.3 Å². The van der Waals surface area contributed by atoms with Crippen molar-refractivity contribution < 1.29 is 13.2 Å². The van der Waals surface area contributed by atoms with Gasteiger partial charge in [0.2, 0.25) is 0 Å². The minimum absolute atomic E-state index is 0. The summed E-state index contributed by atoms with van der Waals surface area (Å²) in [6, 6.07) is 3.91. The van der Waals surface area contributed by atoms with Crippen LogP contribution in [-0.4, -0.2) is 6.18 Å². The van der Waals surface area contributed by atoms with Crippen molar-refractivity contribution >= 4 is 35.6 Å². The normalized spacial score (nSPS) is 13.1. The Labute approximate surface area is 113 Å². The van der Waals surface area contributed by atoms with Crippen molar-refractivity contribution in [3.05, 3.63) is 33.8 Å². The number of halogens is 6. The molecule has 0 fully saturated rings. The maximum absolute atomic E-state index is 12.0. The third-order valence-corrected chi connectivity index (χ3v) is 2.85. The molecular weight excluding hydrogens is 297 g/mol. The molecule has 0 bridgehead atoms. The van der Waals surface area contributed by atoms with Crippen LogP contribution in [0.2, 0.25) is 10.0 Å². The van der Waals surface area contributed by atoms with E-state index in [0.29, 0.717) is 15.6 Å². The Morgan fingerprint density at radius 3 is 2.24 bits per heavy atom. The van der Waals surface area contributed by atoms with Crippen molar-refractivity contribution in [2.45, 2.75) is 25.1 Å². The quantitative estimate of drug-likeness (QED) is 0.856. The number of hydrogen-bond donors (Lipinski definition) is 1. The van der Waals surface area contributed by atoms with Crippen molar-refractivity contribution in [3.63, 3.8) is 0 Å². The minimum atomic E-state index is -4.19. The number of alkyl halides is 3. The van der Waals surface area contributed by atoms with Gasteiger partial charge in [-0.2, -0.15) is 13.2 Å². The summed E-state index contributed by atoms with van der Waals surface area (Å²) in [5.74, 6) is 0. The summed E-state index contributed by atoms with van der Waals surface area (Å²) in [5, 5.41) is 0.648. The topological polar surface area (TPSA) is 26.0 Å². The van der Waals surface area contributed by atoms with E-state index in [2.05, 4.69) is 0 Å². The largest absolute Gasteiger partial charge is 0.389 e. The second kappa shape index (κ2) is 6.69. The lowest BCUT2D eigenvalue weighted by atomic mass is 10.0. The molecule has 1 atom stereocenters. The average molecular weight is 309 g/mol. The number of benzene rings is 1. The first-order valence-electron chi connectivity index (χ1n) is 4.57. The summed E-state index contributed by atoms with van der Waals surface area (Å²) in [6.45, 7) is 0. The van der Waals surface area contributed by atoms with Gasteiger partial charge in [-0.25, -0.2) is 0 Å². The highest BCUT2D eigenvalue weighted by atomic mass is 35.5. The molecule has 0 aliphatic rings. The van der Waals surface area contributed by atoms with Crippen LogP contribution >= 0.6 is 35.6 Å². The van der Waals surface area contributed by atoms with Gasteiger partial charge in [0.1, 0.15) is 0 Å². The summed E-state index contributed by atoms with van der Waals surface area (Å²) in [4.78, 5) is 0. The van der Waals surface area contributed by atoms with Crippen LogP contribution in [-0.2, 0) is 0 Å². The summed E-state index contributed by atoms with van der Waals surface area (Å²) in [6.07, 6.45) is -5.26. The molecule has 0 unspecified atom stereocenters. The molecule has 98 valence electrons. The molecule has 0 amide bonds. The van der Waals surface area contributed by atoms with Gasteiger partial charge in [0, 0.05) is 12.5 Å². The lowest BCUT2D eigenvalue weighted by molar-refractivity contribution is -0.136. The Morgan fingerprint density at radius 1 is 1.18 bits per heavy atom. The predicted molar refractivity (Wildman–Crippen MR) is 65.9 cm³/mol. The van der Waals surface area contributed by atoms with Gasteiger partial charge >= 0.3 is 6.18 Å². The zero-order chi connectivity index (χ0) is 12.3. The maximum Gasteiger partial charge on any atom is 0.389 e. The third-order valence-electron chi connectivity index (χ3n) is 2.11. The molecule has 2 N–H and O–H groups in total. The van der Waals surface area contributed by atoms with Crippen LogP contribution in [0.5, 0.6) is 0 Å². The molecule has 0 heterocycles. The van der Waals surface area contributed by atoms with Crippen LogP contribution in [0.1, 0.15) is 24.4 Å². The molecule has 1 aromatic rings. The molecular formula is C10H11Cl3F3N. The van der Waals surface area contributed by atoms with E-state index in [1.807, 2.05) is 0 Å². The van der Waals surface area contributed by atoms with Crippen molar-refractivity contribution in [1.29, 1.82) is 0 Å². The Kier molecular flexibility index (Phi) is 6.62. The van der Waals surface area contributed by atoms with Crippen molar-refractivity contribution in [3.8, 4) is 0 Å². The molecule has 0 radical (unpaired) electrons. The Morgan fingerprint density at radius 2 is 1.76 bits per heavy atom. The minimum Gasteiger partial charge on any atom is -0.324 e. The van der Waals surface area contributed by atoms with Gasteiger partial charge in [0.05, 0.1) is 10.0 Å². The fourth-order valence-corrected chi connectivity index (χ4v) is 1.54. The Balaban J connectivity index is 0.00000256. The fraction of sp³-hybridized carbons (Fsp3) is 0.400. The first kappa shape index (κ1) is 16.8. The Bertz CT molecular complexity index is 368. The standard InChI is InChI=1S/C10H10Cl2F3N.ClH/c11-7-2-1-6(5-8(7)12)9(16)3-4-10(13,14)15;/h1-2,5,9H,3-4,16H2;1H/t9-;/m0./s1. The van der Waals surface area contributed by atoms with E-state index in [1.54, 1.807) is 6.07 Å². The van der Waals surface area contributed by atoms with Crippen molar-refractivity contribution in [2.24, 2.45) is 5.73 Å². The molecule has 0 aliphatic heterocycles. The van der Waals surface area contributed by atoms with E-state index in [0.717, 1.165) is 0 Å². The molecule has 0 saturated carbocycles. The van der Waals surface area contributed by atoms with Gasteiger partial charge in [0.25, 0.3) is 0 Å². The number of hydrogen-bond acceptors (Lipinski definition) is 1. The fourth-order valence-electron chi connectivity index (χ4n) is 1.23. The van der Waals surface area contributed by atoms with Crippen LogP contribution in [0.4, 0.5) is 13.2 Å². The summed E-state index contributed by atoms with van der Waals surface area (Å²) in [5.41, 5.74) is 6.17. The average Bonchev–Trinajstić information content (AvgIpc) is 2.17. The maximum atomic E-state index is 12.0. The van der Waals surface area contributed by atoms with E-state index in [4.69, 9.17) is 28.9 Å². The Hall–Kier alpha value is -0.160. The summed E-state index contributed by atoms with van der Waals surface area (Å²) >= 11 is 11.4. The second-order valence-corrected chi connectivity index (χ2v) is 4.25.